The zero-order valence-corrected chi connectivity index (χ0v) is 20.7. The number of halogens is 3. The normalized spacial score (nSPS) is 15.1. The van der Waals surface area contributed by atoms with Gasteiger partial charge in [-0.3, -0.25) is 9.68 Å². The second-order valence-corrected chi connectivity index (χ2v) is 11.1. The number of nitrogens with zero attached hydrogens (tertiary/aromatic N) is 4. The van der Waals surface area contributed by atoms with E-state index in [1.807, 2.05) is 6.07 Å². The number of hydrogen-bond donors (Lipinski definition) is 1. The topological polar surface area (TPSA) is 117 Å². The molecule has 4 aromatic rings. The second kappa shape index (κ2) is 10.3. The molecule has 1 fully saturated rings. The van der Waals surface area contributed by atoms with Crippen LogP contribution < -0.4 is 4.90 Å². The Morgan fingerprint density at radius 3 is 2.53 bits per heavy atom. The van der Waals surface area contributed by atoms with Crippen molar-refractivity contribution in [3.8, 4) is 22.8 Å². The Bertz CT molecular complexity index is 1540. The van der Waals surface area contributed by atoms with E-state index in [1.165, 1.54) is 28.2 Å². The van der Waals surface area contributed by atoms with Crippen molar-refractivity contribution >= 4 is 21.4 Å². The molecular weight excluding hydrogens is 523 g/mol. The lowest BCUT2D eigenvalue weighted by Gasteiger charge is -2.34. The molecule has 1 N–H and O–H groups in total. The van der Waals surface area contributed by atoms with Gasteiger partial charge in [0.15, 0.2) is 0 Å². The predicted molar refractivity (Wildman–Crippen MR) is 133 cm³/mol. The lowest BCUT2D eigenvalue weighted by Crippen LogP contribution is -2.49. The molecule has 0 atom stereocenters. The van der Waals surface area contributed by atoms with E-state index < -0.39 is 33.9 Å². The average Bonchev–Trinajstić information content (AvgIpc) is 3.61. The third kappa shape index (κ3) is 5.42. The van der Waals surface area contributed by atoms with Gasteiger partial charge in [0, 0.05) is 56.7 Å². The minimum absolute atomic E-state index is 0.0624. The van der Waals surface area contributed by atoms with Crippen molar-refractivity contribution in [3.05, 3.63) is 78.1 Å². The summed E-state index contributed by atoms with van der Waals surface area (Å²) in [5, 5.41) is 6.80. The molecular formula is C25H22F3N5O4S. The quantitative estimate of drug-likeness (QED) is 0.339. The summed E-state index contributed by atoms with van der Waals surface area (Å²) < 4.78 is 71.1. The Morgan fingerprint density at radius 2 is 1.87 bits per heavy atom. The molecule has 9 nitrogen and oxygen atoms in total. The van der Waals surface area contributed by atoms with E-state index in [0.29, 0.717) is 17.0 Å². The third-order valence-electron chi connectivity index (χ3n) is 6.10. The molecule has 1 aliphatic heterocycles. The van der Waals surface area contributed by atoms with E-state index in [1.54, 1.807) is 30.3 Å². The molecule has 0 radical (unpaired) electrons. The highest BCUT2D eigenvalue weighted by atomic mass is 32.2. The van der Waals surface area contributed by atoms with Crippen molar-refractivity contribution in [3.63, 3.8) is 0 Å². The maximum atomic E-state index is 15.2. The number of carbonyl (C=O) groups excluding carboxylic acids is 1. The summed E-state index contributed by atoms with van der Waals surface area (Å²) in [7, 11) is -2.73. The molecule has 0 saturated carbocycles. The summed E-state index contributed by atoms with van der Waals surface area (Å²) in [6, 6.07) is 14.0. The Kier molecular flexibility index (Phi) is 6.93. The van der Waals surface area contributed by atoms with Crippen molar-refractivity contribution in [2.24, 2.45) is 0 Å². The zero-order valence-electron chi connectivity index (χ0n) is 19.9. The van der Waals surface area contributed by atoms with Crippen molar-refractivity contribution in [2.75, 3.05) is 29.5 Å². The summed E-state index contributed by atoms with van der Waals surface area (Å²) in [6.45, 7) is 0.118. The second-order valence-electron chi connectivity index (χ2n) is 8.66. The summed E-state index contributed by atoms with van der Waals surface area (Å²) in [4.78, 5) is 16.5. The molecule has 1 saturated heterocycles. The fourth-order valence-electron chi connectivity index (χ4n) is 4.05. The van der Waals surface area contributed by atoms with E-state index in [9.17, 15) is 17.8 Å². The first kappa shape index (κ1) is 25.5. The number of amides is 2. The first-order chi connectivity index (χ1) is 18.2. The first-order valence-corrected chi connectivity index (χ1v) is 13.4. The van der Waals surface area contributed by atoms with Crippen LogP contribution in [-0.2, 0) is 16.3 Å². The van der Waals surface area contributed by atoms with Crippen LogP contribution in [0, 0.1) is 10.6 Å². The van der Waals surface area contributed by atoms with Crippen LogP contribution in [0.4, 0.5) is 23.7 Å². The molecule has 13 heteroatoms. The molecule has 2 amide bonds. The highest BCUT2D eigenvalue weighted by Crippen LogP contribution is 2.29. The van der Waals surface area contributed by atoms with Gasteiger partial charge in [-0.15, -0.1) is 10.2 Å². The van der Waals surface area contributed by atoms with Gasteiger partial charge in [-0.25, -0.2) is 13.4 Å². The molecule has 198 valence electrons. The Morgan fingerprint density at radius 1 is 1.08 bits per heavy atom. The molecule has 0 unspecified atom stereocenters. The molecule has 2 aromatic carbocycles. The van der Waals surface area contributed by atoms with Gasteiger partial charge in [0.1, 0.15) is 11.6 Å². The lowest BCUT2D eigenvalue weighted by atomic mass is 10.1. The molecule has 0 aliphatic carbocycles. The van der Waals surface area contributed by atoms with Gasteiger partial charge in [0.25, 0.3) is 5.89 Å². The van der Waals surface area contributed by atoms with Crippen LogP contribution in [0.3, 0.4) is 0 Å². The van der Waals surface area contributed by atoms with Gasteiger partial charge >= 0.3 is 12.5 Å². The maximum Gasteiger partial charge on any atom is 0.324 e. The number of rotatable bonds is 6. The SMILES string of the molecule is N=S1(=O)CCN(C(=O)N(Cc2ccc(-c3nnc(C(F)F)o3)cc2F)c2cccc(-c3ccco3)c2)CC1. The van der Waals surface area contributed by atoms with Crippen molar-refractivity contribution in [2.45, 2.75) is 13.0 Å². The van der Waals surface area contributed by atoms with Crippen LogP contribution in [0.2, 0.25) is 0 Å². The number of furan rings is 1. The van der Waals surface area contributed by atoms with Crippen LogP contribution in [0.25, 0.3) is 22.8 Å². The van der Waals surface area contributed by atoms with Crippen LogP contribution in [0.5, 0.6) is 0 Å². The summed E-state index contributed by atoms with van der Waals surface area (Å²) >= 11 is 0. The van der Waals surface area contributed by atoms with Gasteiger partial charge in [-0.1, -0.05) is 18.2 Å². The summed E-state index contributed by atoms with van der Waals surface area (Å²) in [5.74, 6) is -1.11. The number of benzene rings is 2. The molecule has 0 spiro atoms. The highest BCUT2D eigenvalue weighted by Gasteiger charge is 2.29. The first-order valence-electron chi connectivity index (χ1n) is 11.5. The fraction of sp³-hybridized carbons (Fsp3) is 0.240. The number of anilines is 1. The predicted octanol–water partition coefficient (Wildman–Crippen LogP) is 5.56. The number of hydrogen-bond acceptors (Lipinski definition) is 7. The molecule has 5 rings (SSSR count). The van der Waals surface area contributed by atoms with E-state index in [0.717, 1.165) is 6.07 Å². The number of carbonyl (C=O) groups is 1. The van der Waals surface area contributed by atoms with E-state index >= 15 is 4.39 Å². The maximum absolute atomic E-state index is 15.2. The number of alkyl halides is 2. The van der Waals surface area contributed by atoms with Crippen LogP contribution in [-0.4, -0.2) is 49.9 Å². The molecule has 38 heavy (non-hydrogen) atoms. The largest absolute Gasteiger partial charge is 0.464 e. The summed E-state index contributed by atoms with van der Waals surface area (Å²) in [6.07, 6.45) is -1.42. The van der Waals surface area contributed by atoms with Crippen LogP contribution >= 0.6 is 0 Å². The Balaban J connectivity index is 1.46. The van der Waals surface area contributed by atoms with Crippen LogP contribution in [0.1, 0.15) is 17.9 Å². The minimum atomic E-state index is -2.95. The molecule has 2 aromatic heterocycles. The van der Waals surface area contributed by atoms with E-state index in [2.05, 4.69) is 10.2 Å². The molecule has 1 aliphatic rings. The van der Waals surface area contributed by atoms with E-state index in [-0.39, 0.29) is 48.2 Å². The lowest BCUT2D eigenvalue weighted by molar-refractivity contribution is 0.116. The van der Waals surface area contributed by atoms with Gasteiger partial charge in [-0.2, -0.15) is 8.78 Å². The highest BCUT2D eigenvalue weighted by molar-refractivity contribution is 7.92. The standard InChI is InChI=1S/C25H22F3N5O4S/c26-20-14-17(23-30-31-24(37-23)22(27)28)6-7-18(20)15-33(25(34)32-8-11-38(29,35)12-9-32)19-4-1-3-16(13-19)21-5-2-10-36-21/h1-7,10,13-14,22,29H,8-9,11-12,15H2. The van der Waals surface area contributed by atoms with Crippen molar-refractivity contribution in [1.29, 1.82) is 4.78 Å². The molecule has 0 bridgehead atoms. The zero-order chi connectivity index (χ0) is 26.9. The Hall–Kier alpha value is -4.13. The van der Waals surface area contributed by atoms with Gasteiger partial charge in [-0.05, 0) is 36.4 Å². The fourth-order valence-corrected chi connectivity index (χ4v) is 5.28. The third-order valence-corrected chi connectivity index (χ3v) is 7.79. The van der Waals surface area contributed by atoms with Crippen molar-refractivity contribution < 1.29 is 31.0 Å². The van der Waals surface area contributed by atoms with Crippen molar-refractivity contribution in [1.82, 2.24) is 15.1 Å². The number of nitrogens with one attached hydrogen (secondary N) is 1. The van der Waals surface area contributed by atoms with Gasteiger partial charge in [0.05, 0.1) is 12.8 Å². The van der Waals surface area contributed by atoms with Gasteiger partial charge in [0.2, 0.25) is 5.89 Å². The van der Waals surface area contributed by atoms with Crippen LogP contribution in [0.15, 0.2) is 69.7 Å². The number of aromatic nitrogens is 2. The monoisotopic (exact) mass is 545 g/mol. The number of urea groups is 1. The molecule has 3 heterocycles. The van der Waals surface area contributed by atoms with Gasteiger partial charge < -0.3 is 13.7 Å². The summed E-state index contributed by atoms with van der Waals surface area (Å²) in [5.41, 5.74) is 1.45. The van der Waals surface area contributed by atoms with E-state index in [4.69, 9.17) is 13.6 Å². The Labute approximate surface area is 215 Å². The average molecular weight is 546 g/mol. The minimum Gasteiger partial charge on any atom is -0.464 e. The smallest absolute Gasteiger partial charge is 0.324 e.